The van der Waals surface area contributed by atoms with E-state index in [1.54, 1.807) is 0 Å². The van der Waals surface area contributed by atoms with E-state index in [1.807, 2.05) is 30.5 Å². The fourth-order valence-electron chi connectivity index (χ4n) is 1.27. The van der Waals surface area contributed by atoms with Gasteiger partial charge in [0.15, 0.2) is 0 Å². The van der Waals surface area contributed by atoms with Gasteiger partial charge in [-0.05, 0) is 23.6 Å². The standard InChI is InChI=1S/C10H10ClNO/c11-4-6-13-9-2-1-8-3-5-12-10(8)7-9/h1-3,5,7,12H,4,6H2. The van der Waals surface area contributed by atoms with Gasteiger partial charge in [0.2, 0.25) is 0 Å². The lowest BCUT2D eigenvalue weighted by atomic mass is 10.2. The number of fused-ring (bicyclic) bond motifs is 1. The van der Waals surface area contributed by atoms with E-state index in [4.69, 9.17) is 16.3 Å². The molecule has 0 unspecified atom stereocenters. The van der Waals surface area contributed by atoms with Crippen LogP contribution in [0.25, 0.3) is 10.9 Å². The summed E-state index contributed by atoms with van der Waals surface area (Å²) in [5.41, 5.74) is 1.09. The van der Waals surface area contributed by atoms with Crippen molar-refractivity contribution in [2.45, 2.75) is 0 Å². The largest absolute Gasteiger partial charge is 0.492 e. The first-order valence-electron chi connectivity index (χ1n) is 4.16. The molecular formula is C10H10ClNO. The van der Waals surface area contributed by atoms with Gasteiger partial charge in [0, 0.05) is 17.8 Å². The van der Waals surface area contributed by atoms with Crippen LogP contribution in [0.1, 0.15) is 0 Å². The van der Waals surface area contributed by atoms with Crippen molar-refractivity contribution in [2.24, 2.45) is 0 Å². The van der Waals surface area contributed by atoms with Crippen LogP contribution >= 0.6 is 11.6 Å². The van der Waals surface area contributed by atoms with Crippen molar-refractivity contribution in [1.29, 1.82) is 0 Å². The number of nitrogens with one attached hydrogen (secondary N) is 1. The molecule has 0 aliphatic rings. The number of aromatic nitrogens is 1. The molecular weight excluding hydrogens is 186 g/mol. The SMILES string of the molecule is ClCCOc1ccc2cc[nH]c2c1. The summed E-state index contributed by atoms with van der Waals surface area (Å²) < 4.78 is 5.38. The number of alkyl halides is 1. The summed E-state index contributed by atoms with van der Waals surface area (Å²) in [7, 11) is 0. The summed E-state index contributed by atoms with van der Waals surface area (Å²) in [5.74, 6) is 1.37. The molecule has 1 aromatic heterocycles. The van der Waals surface area contributed by atoms with Gasteiger partial charge in [-0.3, -0.25) is 0 Å². The molecule has 2 aromatic rings. The Bertz CT molecular complexity index is 396. The molecule has 2 rings (SSSR count). The maximum absolute atomic E-state index is 5.52. The first kappa shape index (κ1) is 8.45. The van der Waals surface area contributed by atoms with Gasteiger partial charge < -0.3 is 9.72 Å². The van der Waals surface area contributed by atoms with E-state index in [9.17, 15) is 0 Å². The Labute approximate surface area is 81.5 Å². The van der Waals surface area contributed by atoms with E-state index in [2.05, 4.69) is 4.98 Å². The molecule has 0 bridgehead atoms. The Kier molecular flexibility index (Phi) is 2.41. The number of halogens is 1. The Balaban J connectivity index is 2.26. The predicted molar refractivity (Wildman–Crippen MR) is 54.5 cm³/mol. The molecule has 1 aromatic carbocycles. The van der Waals surface area contributed by atoms with Crippen molar-refractivity contribution in [2.75, 3.05) is 12.5 Å². The highest BCUT2D eigenvalue weighted by molar-refractivity contribution is 6.18. The molecule has 0 aliphatic heterocycles. The first-order valence-corrected chi connectivity index (χ1v) is 4.69. The lowest BCUT2D eigenvalue weighted by Crippen LogP contribution is -1.97. The Morgan fingerprint density at radius 2 is 2.23 bits per heavy atom. The number of hydrogen-bond donors (Lipinski definition) is 1. The molecule has 0 atom stereocenters. The lowest BCUT2D eigenvalue weighted by molar-refractivity contribution is 0.343. The summed E-state index contributed by atoms with van der Waals surface area (Å²) in [4.78, 5) is 3.12. The molecule has 3 heteroatoms. The highest BCUT2D eigenvalue weighted by atomic mass is 35.5. The summed E-state index contributed by atoms with van der Waals surface area (Å²) in [6.45, 7) is 0.549. The van der Waals surface area contributed by atoms with Gasteiger partial charge in [0.25, 0.3) is 0 Å². The van der Waals surface area contributed by atoms with Crippen molar-refractivity contribution in [3.05, 3.63) is 30.5 Å². The van der Waals surface area contributed by atoms with Crippen LogP contribution in [0.4, 0.5) is 0 Å². The van der Waals surface area contributed by atoms with Gasteiger partial charge >= 0.3 is 0 Å². The van der Waals surface area contributed by atoms with Crippen LogP contribution in [0.3, 0.4) is 0 Å². The van der Waals surface area contributed by atoms with E-state index < -0.39 is 0 Å². The minimum atomic E-state index is 0.517. The molecule has 0 aliphatic carbocycles. The second kappa shape index (κ2) is 3.71. The topological polar surface area (TPSA) is 25.0 Å². The monoisotopic (exact) mass is 195 g/mol. The van der Waals surface area contributed by atoms with E-state index in [0.29, 0.717) is 12.5 Å². The molecule has 13 heavy (non-hydrogen) atoms. The molecule has 0 saturated heterocycles. The summed E-state index contributed by atoms with van der Waals surface area (Å²) >= 11 is 5.52. The van der Waals surface area contributed by atoms with E-state index in [1.165, 1.54) is 5.39 Å². The van der Waals surface area contributed by atoms with Crippen LogP contribution in [0.2, 0.25) is 0 Å². The average molecular weight is 196 g/mol. The van der Waals surface area contributed by atoms with Crippen molar-refractivity contribution in [3.63, 3.8) is 0 Å². The minimum Gasteiger partial charge on any atom is -0.492 e. The average Bonchev–Trinajstić information content (AvgIpc) is 2.61. The van der Waals surface area contributed by atoms with Crippen LogP contribution in [0.15, 0.2) is 30.5 Å². The maximum atomic E-state index is 5.52. The minimum absolute atomic E-state index is 0.517. The Hall–Kier alpha value is -1.15. The molecule has 2 nitrogen and oxygen atoms in total. The predicted octanol–water partition coefficient (Wildman–Crippen LogP) is 2.79. The van der Waals surface area contributed by atoms with Gasteiger partial charge in [-0.2, -0.15) is 0 Å². The summed E-state index contributed by atoms with van der Waals surface area (Å²) in [5, 5.41) is 1.19. The van der Waals surface area contributed by atoms with Crippen molar-refractivity contribution >= 4 is 22.5 Å². The lowest BCUT2D eigenvalue weighted by Gasteiger charge is -2.02. The third kappa shape index (κ3) is 1.78. The molecule has 0 fully saturated rings. The Morgan fingerprint density at radius 3 is 3.08 bits per heavy atom. The molecule has 68 valence electrons. The van der Waals surface area contributed by atoms with E-state index >= 15 is 0 Å². The second-order valence-corrected chi connectivity index (χ2v) is 3.14. The molecule has 1 heterocycles. The number of hydrogen-bond acceptors (Lipinski definition) is 1. The van der Waals surface area contributed by atoms with Crippen LogP contribution in [-0.2, 0) is 0 Å². The fraction of sp³-hybridized carbons (Fsp3) is 0.200. The number of benzene rings is 1. The van der Waals surface area contributed by atoms with Crippen molar-refractivity contribution in [1.82, 2.24) is 4.98 Å². The quantitative estimate of drug-likeness (QED) is 0.749. The summed E-state index contributed by atoms with van der Waals surface area (Å²) in [6.07, 6.45) is 1.91. The normalized spacial score (nSPS) is 10.5. The van der Waals surface area contributed by atoms with E-state index in [-0.39, 0.29) is 0 Å². The molecule has 0 saturated carbocycles. The Morgan fingerprint density at radius 1 is 1.31 bits per heavy atom. The molecule has 0 spiro atoms. The zero-order valence-corrected chi connectivity index (χ0v) is 7.84. The fourth-order valence-corrected chi connectivity index (χ4v) is 1.35. The zero-order valence-electron chi connectivity index (χ0n) is 7.09. The summed E-state index contributed by atoms with van der Waals surface area (Å²) in [6, 6.07) is 7.97. The van der Waals surface area contributed by atoms with Gasteiger partial charge in [0.05, 0.1) is 5.88 Å². The number of H-pyrrole nitrogens is 1. The van der Waals surface area contributed by atoms with Gasteiger partial charge in [-0.25, -0.2) is 0 Å². The van der Waals surface area contributed by atoms with Crippen LogP contribution in [0, 0.1) is 0 Å². The first-order chi connectivity index (χ1) is 6.40. The molecule has 0 amide bonds. The van der Waals surface area contributed by atoms with Crippen LogP contribution in [-0.4, -0.2) is 17.5 Å². The van der Waals surface area contributed by atoms with Crippen molar-refractivity contribution < 1.29 is 4.74 Å². The third-order valence-electron chi connectivity index (χ3n) is 1.87. The van der Waals surface area contributed by atoms with Crippen LogP contribution in [0.5, 0.6) is 5.75 Å². The van der Waals surface area contributed by atoms with Crippen molar-refractivity contribution in [3.8, 4) is 5.75 Å². The number of rotatable bonds is 3. The van der Waals surface area contributed by atoms with Gasteiger partial charge in [-0.1, -0.05) is 0 Å². The maximum Gasteiger partial charge on any atom is 0.121 e. The number of ether oxygens (including phenoxy) is 1. The van der Waals surface area contributed by atoms with Gasteiger partial charge in [0.1, 0.15) is 12.4 Å². The van der Waals surface area contributed by atoms with Gasteiger partial charge in [-0.15, -0.1) is 11.6 Å². The number of aromatic amines is 1. The second-order valence-electron chi connectivity index (χ2n) is 2.76. The van der Waals surface area contributed by atoms with E-state index in [0.717, 1.165) is 11.3 Å². The molecule has 0 radical (unpaired) electrons. The molecule has 1 N–H and O–H groups in total. The highest BCUT2D eigenvalue weighted by Crippen LogP contribution is 2.19. The third-order valence-corrected chi connectivity index (χ3v) is 2.03. The zero-order chi connectivity index (χ0) is 9.10. The van der Waals surface area contributed by atoms with Crippen LogP contribution < -0.4 is 4.74 Å². The smallest absolute Gasteiger partial charge is 0.121 e. The highest BCUT2D eigenvalue weighted by Gasteiger charge is 1.96.